The number of fused-ring (bicyclic) bond motifs is 1. The van der Waals surface area contributed by atoms with Crippen LogP contribution >= 0.6 is 39.1 Å². The van der Waals surface area contributed by atoms with Gasteiger partial charge in [0.1, 0.15) is 5.82 Å². The lowest BCUT2D eigenvalue weighted by atomic mass is 10.3. The van der Waals surface area contributed by atoms with Crippen LogP contribution in [0.25, 0.3) is 16.7 Å². The Hall–Kier alpha value is -1.03. The minimum Gasteiger partial charge on any atom is -0.295 e. The normalized spacial score (nSPS) is 11.1. The summed E-state index contributed by atoms with van der Waals surface area (Å²) in [4.78, 5) is 4.55. The van der Waals surface area contributed by atoms with Gasteiger partial charge in [-0.2, -0.15) is 0 Å². The van der Waals surface area contributed by atoms with Crippen LogP contribution in [0.1, 0.15) is 5.82 Å². The topological polar surface area (TPSA) is 17.8 Å². The molecule has 3 rings (SSSR count). The van der Waals surface area contributed by atoms with Gasteiger partial charge in [-0.05, 0) is 42.5 Å². The van der Waals surface area contributed by atoms with Gasteiger partial charge in [0, 0.05) is 15.2 Å². The number of aromatic nitrogens is 2. The first-order chi connectivity index (χ1) is 9.19. The Morgan fingerprint density at radius 3 is 2.53 bits per heavy atom. The van der Waals surface area contributed by atoms with E-state index < -0.39 is 0 Å². The number of alkyl halides is 1. The third-order valence-corrected chi connectivity index (χ3v) is 3.87. The predicted molar refractivity (Wildman–Crippen MR) is 83.3 cm³/mol. The maximum absolute atomic E-state index is 6.00. The first-order valence-electron chi connectivity index (χ1n) is 5.68. The second-order valence-corrected chi connectivity index (χ2v) is 5.73. The molecule has 3 aromatic rings. The lowest BCUT2D eigenvalue weighted by Gasteiger charge is -2.08. The van der Waals surface area contributed by atoms with Gasteiger partial charge >= 0.3 is 0 Å². The van der Waals surface area contributed by atoms with Crippen LogP contribution in [0.4, 0.5) is 0 Å². The molecule has 0 N–H and O–H groups in total. The maximum Gasteiger partial charge on any atom is 0.129 e. The van der Waals surface area contributed by atoms with Crippen LogP contribution < -0.4 is 0 Å². The molecule has 19 heavy (non-hydrogen) atoms. The zero-order valence-corrected chi connectivity index (χ0v) is 12.9. The van der Waals surface area contributed by atoms with Crippen molar-refractivity contribution in [3.8, 4) is 5.69 Å². The van der Waals surface area contributed by atoms with Crippen molar-refractivity contribution < 1.29 is 0 Å². The zero-order valence-electron chi connectivity index (χ0n) is 9.78. The van der Waals surface area contributed by atoms with Crippen LogP contribution in [0.3, 0.4) is 0 Å². The van der Waals surface area contributed by atoms with Gasteiger partial charge in [0.05, 0.1) is 16.9 Å². The highest BCUT2D eigenvalue weighted by atomic mass is 79.9. The minimum absolute atomic E-state index is 0.356. The summed E-state index contributed by atoms with van der Waals surface area (Å²) in [6, 6.07) is 13.6. The monoisotopic (exact) mass is 354 g/mol. The molecule has 0 spiro atoms. The van der Waals surface area contributed by atoms with Crippen LogP contribution in [0, 0.1) is 0 Å². The molecule has 0 saturated carbocycles. The summed E-state index contributed by atoms with van der Waals surface area (Å²) in [7, 11) is 0. The molecule has 5 heteroatoms. The van der Waals surface area contributed by atoms with Crippen molar-refractivity contribution in [3.05, 3.63) is 57.8 Å². The first kappa shape index (κ1) is 13.0. The van der Waals surface area contributed by atoms with Crippen LogP contribution in [0.2, 0.25) is 5.02 Å². The van der Waals surface area contributed by atoms with Gasteiger partial charge in [0.25, 0.3) is 0 Å². The smallest absolute Gasteiger partial charge is 0.129 e. The Kier molecular flexibility index (Phi) is 3.52. The summed E-state index contributed by atoms with van der Waals surface area (Å²) in [5.41, 5.74) is 2.95. The van der Waals surface area contributed by atoms with Crippen molar-refractivity contribution in [1.82, 2.24) is 9.55 Å². The molecule has 2 aromatic carbocycles. The quantitative estimate of drug-likeness (QED) is 0.579. The molecule has 0 bridgehead atoms. The molecule has 0 fully saturated rings. The third-order valence-electron chi connectivity index (χ3n) is 2.89. The molecule has 0 aliphatic carbocycles. The van der Waals surface area contributed by atoms with Gasteiger partial charge in [-0.15, -0.1) is 11.6 Å². The van der Waals surface area contributed by atoms with Gasteiger partial charge in [-0.25, -0.2) is 4.98 Å². The molecular formula is C14H9BrCl2N2. The molecule has 0 amide bonds. The van der Waals surface area contributed by atoms with E-state index in [1.54, 1.807) is 0 Å². The maximum atomic E-state index is 6.00. The summed E-state index contributed by atoms with van der Waals surface area (Å²) in [5.74, 6) is 1.17. The van der Waals surface area contributed by atoms with E-state index in [-0.39, 0.29) is 0 Å². The summed E-state index contributed by atoms with van der Waals surface area (Å²) < 4.78 is 3.06. The molecule has 0 aliphatic heterocycles. The standard InChI is InChI=1S/C14H9BrCl2N2/c15-9-1-6-12-13(7-9)19(14(8-16)18-12)11-4-2-10(17)3-5-11/h1-7H,8H2. The molecule has 0 atom stereocenters. The van der Waals surface area contributed by atoms with E-state index in [0.717, 1.165) is 27.0 Å². The van der Waals surface area contributed by atoms with Crippen LogP contribution in [0.5, 0.6) is 0 Å². The average Bonchev–Trinajstić information content (AvgIpc) is 2.77. The van der Waals surface area contributed by atoms with E-state index in [1.165, 1.54) is 0 Å². The highest BCUT2D eigenvalue weighted by Gasteiger charge is 2.11. The van der Waals surface area contributed by atoms with Gasteiger partial charge in [0.15, 0.2) is 0 Å². The summed E-state index contributed by atoms with van der Waals surface area (Å²) in [6.45, 7) is 0. The Morgan fingerprint density at radius 1 is 1.11 bits per heavy atom. The Labute approximate surface area is 129 Å². The van der Waals surface area contributed by atoms with Crippen LogP contribution in [-0.2, 0) is 5.88 Å². The van der Waals surface area contributed by atoms with Crippen molar-refractivity contribution >= 4 is 50.2 Å². The molecular weight excluding hydrogens is 347 g/mol. The van der Waals surface area contributed by atoms with Crippen molar-refractivity contribution in [2.45, 2.75) is 5.88 Å². The zero-order chi connectivity index (χ0) is 13.4. The fourth-order valence-electron chi connectivity index (χ4n) is 2.07. The SMILES string of the molecule is ClCc1nc2ccc(Br)cc2n1-c1ccc(Cl)cc1. The number of benzene rings is 2. The molecule has 0 aliphatic rings. The molecule has 0 unspecified atom stereocenters. The molecule has 2 nitrogen and oxygen atoms in total. The van der Waals surface area contributed by atoms with E-state index in [0.29, 0.717) is 10.9 Å². The highest BCUT2D eigenvalue weighted by Crippen LogP contribution is 2.26. The number of hydrogen-bond donors (Lipinski definition) is 0. The molecule has 1 heterocycles. The predicted octanol–water partition coefficient (Wildman–Crippen LogP) is 5.18. The van der Waals surface area contributed by atoms with Crippen molar-refractivity contribution in [3.63, 3.8) is 0 Å². The second kappa shape index (κ2) is 5.16. The van der Waals surface area contributed by atoms with E-state index in [2.05, 4.69) is 20.9 Å². The van der Waals surface area contributed by atoms with E-state index >= 15 is 0 Å². The molecule has 96 valence electrons. The summed E-state index contributed by atoms with van der Waals surface area (Å²) >= 11 is 15.4. The van der Waals surface area contributed by atoms with E-state index in [4.69, 9.17) is 23.2 Å². The average molecular weight is 356 g/mol. The van der Waals surface area contributed by atoms with Gasteiger partial charge < -0.3 is 0 Å². The highest BCUT2D eigenvalue weighted by molar-refractivity contribution is 9.10. The number of nitrogens with zero attached hydrogens (tertiary/aromatic N) is 2. The fraction of sp³-hybridized carbons (Fsp3) is 0.0714. The van der Waals surface area contributed by atoms with E-state index in [1.807, 2.05) is 47.0 Å². The largest absolute Gasteiger partial charge is 0.295 e. The molecule has 1 aromatic heterocycles. The Morgan fingerprint density at radius 2 is 1.84 bits per heavy atom. The van der Waals surface area contributed by atoms with E-state index in [9.17, 15) is 0 Å². The molecule has 0 saturated heterocycles. The number of hydrogen-bond acceptors (Lipinski definition) is 1. The summed E-state index contributed by atoms with van der Waals surface area (Å²) in [6.07, 6.45) is 0. The van der Waals surface area contributed by atoms with Crippen molar-refractivity contribution in [2.24, 2.45) is 0 Å². The number of rotatable bonds is 2. The Bertz CT molecular complexity index is 735. The second-order valence-electron chi connectivity index (χ2n) is 4.11. The Balaban J connectivity index is 2.31. The first-order valence-corrected chi connectivity index (χ1v) is 7.38. The summed E-state index contributed by atoms with van der Waals surface area (Å²) in [5, 5.41) is 0.710. The fourth-order valence-corrected chi connectivity index (χ4v) is 2.72. The minimum atomic E-state index is 0.356. The van der Waals surface area contributed by atoms with Crippen molar-refractivity contribution in [1.29, 1.82) is 0 Å². The van der Waals surface area contributed by atoms with Crippen LogP contribution in [0.15, 0.2) is 46.9 Å². The van der Waals surface area contributed by atoms with Crippen LogP contribution in [-0.4, -0.2) is 9.55 Å². The number of halogens is 3. The lowest BCUT2D eigenvalue weighted by Crippen LogP contribution is -1.98. The third kappa shape index (κ3) is 2.38. The van der Waals surface area contributed by atoms with Gasteiger partial charge in [-0.3, -0.25) is 4.57 Å². The van der Waals surface area contributed by atoms with Gasteiger partial charge in [-0.1, -0.05) is 27.5 Å². The molecule has 0 radical (unpaired) electrons. The van der Waals surface area contributed by atoms with Crippen molar-refractivity contribution in [2.75, 3.05) is 0 Å². The lowest BCUT2D eigenvalue weighted by molar-refractivity contribution is 0.982. The van der Waals surface area contributed by atoms with Gasteiger partial charge in [0.2, 0.25) is 0 Å². The number of imidazole rings is 1.